The molecular weight excluding hydrogens is 288 g/mol. The van der Waals surface area contributed by atoms with Gasteiger partial charge in [0.15, 0.2) is 0 Å². The van der Waals surface area contributed by atoms with Gasteiger partial charge in [-0.2, -0.15) is 0 Å². The van der Waals surface area contributed by atoms with E-state index in [2.05, 4.69) is 50.4 Å². The van der Waals surface area contributed by atoms with Crippen molar-refractivity contribution in [2.75, 3.05) is 26.2 Å². The van der Waals surface area contributed by atoms with Crippen LogP contribution in [0, 0.1) is 0 Å². The molecule has 2 unspecified atom stereocenters. The van der Waals surface area contributed by atoms with Gasteiger partial charge in [0, 0.05) is 36.7 Å². The molecule has 2 fully saturated rings. The molecule has 1 aromatic carbocycles. The second-order valence-electron chi connectivity index (χ2n) is 5.47. The Morgan fingerprint density at radius 3 is 2.67 bits per heavy atom. The molecule has 1 heterocycles. The van der Waals surface area contributed by atoms with Crippen LogP contribution in [0.25, 0.3) is 0 Å². The van der Waals surface area contributed by atoms with Crippen molar-refractivity contribution in [1.29, 1.82) is 0 Å². The SMILES string of the molecule is Brc1ccccc1C1CCC(N2CCNCC2)C1. The van der Waals surface area contributed by atoms with Crippen molar-refractivity contribution in [1.82, 2.24) is 10.2 Å². The first-order valence-corrected chi connectivity index (χ1v) is 7.83. The van der Waals surface area contributed by atoms with Crippen molar-refractivity contribution < 1.29 is 0 Å². The fourth-order valence-corrected chi connectivity index (χ4v) is 4.03. The van der Waals surface area contributed by atoms with Gasteiger partial charge in [0.05, 0.1) is 0 Å². The quantitative estimate of drug-likeness (QED) is 0.903. The second-order valence-corrected chi connectivity index (χ2v) is 6.33. The van der Waals surface area contributed by atoms with Gasteiger partial charge in [-0.25, -0.2) is 0 Å². The van der Waals surface area contributed by atoms with Crippen molar-refractivity contribution >= 4 is 15.9 Å². The molecule has 2 atom stereocenters. The van der Waals surface area contributed by atoms with Gasteiger partial charge in [-0.15, -0.1) is 0 Å². The van der Waals surface area contributed by atoms with Gasteiger partial charge in [0.25, 0.3) is 0 Å². The Kier molecular flexibility index (Phi) is 4.02. The van der Waals surface area contributed by atoms with Gasteiger partial charge in [-0.1, -0.05) is 34.1 Å². The number of hydrogen-bond donors (Lipinski definition) is 1. The summed E-state index contributed by atoms with van der Waals surface area (Å²) in [6, 6.07) is 9.54. The summed E-state index contributed by atoms with van der Waals surface area (Å²) in [5.41, 5.74) is 1.51. The van der Waals surface area contributed by atoms with Crippen LogP contribution in [0.5, 0.6) is 0 Å². The maximum Gasteiger partial charge on any atom is 0.0210 e. The van der Waals surface area contributed by atoms with E-state index < -0.39 is 0 Å². The van der Waals surface area contributed by atoms with Crippen molar-refractivity contribution in [3.8, 4) is 0 Å². The Bertz CT molecular complexity index is 401. The molecule has 0 spiro atoms. The zero-order chi connectivity index (χ0) is 12.4. The molecule has 2 aliphatic rings. The highest BCUT2D eigenvalue weighted by Gasteiger charge is 2.31. The average molecular weight is 309 g/mol. The molecule has 1 aliphatic heterocycles. The summed E-state index contributed by atoms with van der Waals surface area (Å²) in [7, 11) is 0. The van der Waals surface area contributed by atoms with Crippen LogP contribution in [0.1, 0.15) is 30.7 Å². The highest BCUT2D eigenvalue weighted by atomic mass is 79.9. The van der Waals surface area contributed by atoms with E-state index in [-0.39, 0.29) is 0 Å². The molecule has 0 aromatic heterocycles. The molecular formula is C15H21BrN2. The Labute approximate surface area is 118 Å². The third-order valence-corrected chi connectivity index (χ3v) is 5.14. The highest BCUT2D eigenvalue weighted by molar-refractivity contribution is 9.10. The van der Waals surface area contributed by atoms with Crippen molar-refractivity contribution in [2.45, 2.75) is 31.2 Å². The maximum atomic E-state index is 3.70. The maximum absolute atomic E-state index is 3.70. The fourth-order valence-electron chi connectivity index (χ4n) is 3.43. The number of benzene rings is 1. The molecule has 1 saturated heterocycles. The minimum atomic E-state index is 0.750. The normalized spacial score (nSPS) is 29.6. The Balaban J connectivity index is 1.66. The van der Waals surface area contributed by atoms with Crippen LogP contribution >= 0.6 is 15.9 Å². The van der Waals surface area contributed by atoms with E-state index in [1.54, 1.807) is 0 Å². The first kappa shape index (κ1) is 12.6. The van der Waals surface area contributed by atoms with Gasteiger partial charge in [-0.3, -0.25) is 4.90 Å². The molecule has 1 aliphatic carbocycles. The first-order chi connectivity index (χ1) is 8.84. The third-order valence-electron chi connectivity index (χ3n) is 4.42. The van der Waals surface area contributed by atoms with Gasteiger partial charge in [0.1, 0.15) is 0 Å². The first-order valence-electron chi connectivity index (χ1n) is 7.04. The van der Waals surface area contributed by atoms with Crippen molar-refractivity contribution in [3.63, 3.8) is 0 Å². The smallest absolute Gasteiger partial charge is 0.0210 e. The van der Waals surface area contributed by atoms with Crippen LogP contribution in [0.15, 0.2) is 28.7 Å². The summed E-state index contributed by atoms with van der Waals surface area (Å²) in [6.45, 7) is 4.78. The second kappa shape index (κ2) is 5.72. The monoisotopic (exact) mass is 308 g/mol. The van der Waals surface area contributed by atoms with E-state index in [0.717, 1.165) is 25.0 Å². The Morgan fingerprint density at radius 1 is 1.11 bits per heavy atom. The van der Waals surface area contributed by atoms with Crippen molar-refractivity contribution in [3.05, 3.63) is 34.3 Å². The number of piperazine rings is 1. The minimum absolute atomic E-state index is 0.750. The van der Waals surface area contributed by atoms with Crippen LogP contribution in [0.3, 0.4) is 0 Å². The summed E-state index contributed by atoms with van der Waals surface area (Å²) >= 11 is 3.70. The van der Waals surface area contributed by atoms with E-state index in [9.17, 15) is 0 Å². The molecule has 1 aromatic rings. The third kappa shape index (κ3) is 2.63. The molecule has 0 bridgehead atoms. The summed E-state index contributed by atoms with van der Waals surface area (Å²) in [5.74, 6) is 0.750. The average Bonchev–Trinajstić information content (AvgIpc) is 2.90. The summed E-state index contributed by atoms with van der Waals surface area (Å²) < 4.78 is 1.29. The molecule has 0 radical (unpaired) electrons. The summed E-state index contributed by atoms with van der Waals surface area (Å²) in [5, 5.41) is 3.44. The Hall–Kier alpha value is -0.380. The highest BCUT2D eigenvalue weighted by Crippen LogP contribution is 2.39. The van der Waals surface area contributed by atoms with Gasteiger partial charge in [0.2, 0.25) is 0 Å². The minimum Gasteiger partial charge on any atom is -0.314 e. The van der Waals surface area contributed by atoms with Gasteiger partial charge >= 0.3 is 0 Å². The number of hydrogen-bond acceptors (Lipinski definition) is 2. The van der Waals surface area contributed by atoms with Gasteiger partial charge < -0.3 is 5.32 Å². The lowest BCUT2D eigenvalue weighted by molar-refractivity contribution is 0.174. The zero-order valence-electron chi connectivity index (χ0n) is 10.7. The summed E-state index contributed by atoms with van der Waals surface area (Å²) in [4.78, 5) is 2.69. The van der Waals surface area contributed by atoms with Crippen LogP contribution in [0.2, 0.25) is 0 Å². The number of rotatable bonds is 2. The predicted octanol–water partition coefficient (Wildman–Crippen LogP) is 2.99. The van der Waals surface area contributed by atoms with Gasteiger partial charge in [-0.05, 0) is 36.8 Å². The van der Waals surface area contributed by atoms with E-state index in [4.69, 9.17) is 0 Å². The zero-order valence-corrected chi connectivity index (χ0v) is 12.3. The lowest BCUT2D eigenvalue weighted by atomic mass is 9.97. The predicted molar refractivity (Wildman–Crippen MR) is 79.0 cm³/mol. The summed E-state index contributed by atoms with van der Waals surface area (Å²) in [6.07, 6.45) is 4.05. The molecule has 3 heteroatoms. The van der Waals surface area contributed by atoms with Crippen LogP contribution in [0.4, 0.5) is 0 Å². The lowest BCUT2D eigenvalue weighted by Crippen LogP contribution is -2.47. The van der Waals surface area contributed by atoms with Crippen molar-refractivity contribution in [2.24, 2.45) is 0 Å². The number of halogens is 1. The lowest BCUT2D eigenvalue weighted by Gasteiger charge is -2.32. The van der Waals surface area contributed by atoms with E-state index in [1.807, 2.05) is 0 Å². The van der Waals surface area contributed by atoms with E-state index >= 15 is 0 Å². The molecule has 98 valence electrons. The molecule has 2 nitrogen and oxygen atoms in total. The largest absolute Gasteiger partial charge is 0.314 e. The topological polar surface area (TPSA) is 15.3 Å². The fraction of sp³-hybridized carbons (Fsp3) is 0.600. The standard InChI is InChI=1S/C15H21BrN2/c16-15-4-2-1-3-14(15)12-5-6-13(11-12)18-9-7-17-8-10-18/h1-4,12-13,17H,5-11H2. The molecule has 3 rings (SSSR count). The number of nitrogens with one attached hydrogen (secondary N) is 1. The Morgan fingerprint density at radius 2 is 1.89 bits per heavy atom. The molecule has 1 N–H and O–H groups in total. The van der Waals surface area contributed by atoms with Crippen LogP contribution in [-0.2, 0) is 0 Å². The van der Waals surface area contributed by atoms with Crippen LogP contribution in [-0.4, -0.2) is 37.1 Å². The van der Waals surface area contributed by atoms with Crippen LogP contribution < -0.4 is 5.32 Å². The molecule has 0 amide bonds. The van der Waals surface area contributed by atoms with E-state index in [0.29, 0.717) is 0 Å². The number of nitrogens with zero attached hydrogens (tertiary/aromatic N) is 1. The van der Waals surface area contributed by atoms with E-state index in [1.165, 1.54) is 42.4 Å². The molecule has 1 saturated carbocycles. The molecule has 18 heavy (non-hydrogen) atoms.